The summed E-state index contributed by atoms with van der Waals surface area (Å²) in [6, 6.07) is 1.75. The van der Waals surface area contributed by atoms with Gasteiger partial charge in [-0.2, -0.15) is 0 Å². The highest BCUT2D eigenvalue weighted by Gasteiger charge is 2.34. The molecule has 98 valence electrons. The minimum atomic E-state index is -0.713. The van der Waals surface area contributed by atoms with Crippen LogP contribution in [0.15, 0.2) is 18.5 Å². The first-order valence-corrected chi connectivity index (χ1v) is 6.48. The molecule has 0 aliphatic carbocycles. The fraction of sp³-hybridized carbons (Fsp3) is 0.571. The number of pyridine rings is 1. The van der Waals surface area contributed by atoms with Crippen LogP contribution in [-0.2, 0) is 0 Å². The molecule has 2 heterocycles. The smallest absolute Gasteiger partial charge is 0.254 e. The summed E-state index contributed by atoms with van der Waals surface area (Å²) >= 11 is 0. The predicted molar refractivity (Wildman–Crippen MR) is 69.4 cm³/mol. The summed E-state index contributed by atoms with van der Waals surface area (Å²) in [6.45, 7) is 5.01. The van der Waals surface area contributed by atoms with Crippen molar-refractivity contribution in [2.45, 2.75) is 38.7 Å². The molecule has 1 saturated heterocycles. The van der Waals surface area contributed by atoms with Gasteiger partial charge in [-0.3, -0.25) is 9.78 Å². The molecule has 1 aliphatic rings. The number of hydrogen-bond acceptors (Lipinski definition) is 3. The average molecular weight is 248 g/mol. The Bertz CT molecular complexity index is 447. The highest BCUT2D eigenvalue weighted by atomic mass is 16.3. The van der Waals surface area contributed by atoms with Crippen molar-refractivity contribution in [1.29, 1.82) is 0 Å². The van der Waals surface area contributed by atoms with Gasteiger partial charge < -0.3 is 10.0 Å². The van der Waals surface area contributed by atoms with Gasteiger partial charge in [-0.1, -0.05) is 6.92 Å². The van der Waals surface area contributed by atoms with E-state index in [1.165, 1.54) is 0 Å². The molecule has 0 aromatic carbocycles. The first kappa shape index (κ1) is 13.0. The van der Waals surface area contributed by atoms with Crippen LogP contribution in [0.25, 0.3) is 0 Å². The molecule has 0 radical (unpaired) electrons. The molecule has 0 spiro atoms. The molecular formula is C14H20N2O2. The summed E-state index contributed by atoms with van der Waals surface area (Å²) in [6.07, 6.45) is 5.66. The number of aryl methyl sites for hydroxylation is 1. The second kappa shape index (κ2) is 5.06. The number of nitrogens with zero attached hydrogens (tertiary/aromatic N) is 2. The van der Waals surface area contributed by atoms with Gasteiger partial charge in [0.25, 0.3) is 5.91 Å². The van der Waals surface area contributed by atoms with Crippen molar-refractivity contribution in [2.24, 2.45) is 0 Å². The zero-order valence-corrected chi connectivity index (χ0v) is 11.0. The molecule has 0 unspecified atom stereocenters. The van der Waals surface area contributed by atoms with Crippen LogP contribution in [0.5, 0.6) is 0 Å². The van der Waals surface area contributed by atoms with Crippen molar-refractivity contribution in [3.63, 3.8) is 0 Å². The minimum absolute atomic E-state index is 0.00137. The summed E-state index contributed by atoms with van der Waals surface area (Å²) in [4.78, 5) is 18.2. The Hall–Kier alpha value is -1.42. The van der Waals surface area contributed by atoms with E-state index in [1.807, 2.05) is 13.8 Å². The number of amides is 1. The van der Waals surface area contributed by atoms with Crippen molar-refractivity contribution in [2.75, 3.05) is 13.1 Å². The second-order valence-corrected chi connectivity index (χ2v) is 5.10. The lowest BCUT2D eigenvalue weighted by Gasteiger charge is -2.38. The van der Waals surface area contributed by atoms with E-state index >= 15 is 0 Å². The van der Waals surface area contributed by atoms with Gasteiger partial charge in [0.1, 0.15) is 0 Å². The topological polar surface area (TPSA) is 53.4 Å². The van der Waals surface area contributed by atoms with Gasteiger partial charge in [-0.15, -0.1) is 0 Å². The maximum atomic E-state index is 12.4. The summed E-state index contributed by atoms with van der Waals surface area (Å²) in [5.41, 5.74) is 0.855. The van der Waals surface area contributed by atoms with Crippen LogP contribution in [0.2, 0.25) is 0 Å². The van der Waals surface area contributed by atoms with Gasteiger partial charge in [-0.25, -0.2) is 0 Å². The Labute approximate surface area is 108 Å². The van der Waals surface area contributed by atoms with Crippen LogP contribution in [0, 0.1) is 6.92 Å². The lowest BCUT2D eigenvalue weighted by molar-refractivity contribution is -0.0270. The maximum absolute atomic E-state index is 12.4. The average Bonchev–Trinajstić information content (AvgIpc) is 2.39. The van der Waals surface area contributed by atoms with E-state index in [4.69, 9.17) is 0 Å². The molecule has 1 aromatic heterocycles. The van der Waals surface area contributed by atoms with Crippen molar-refractivity contribution in [3.05, 3.63) is 29.6 Å². The molecule has 0 bridgehead atoms. The molecule has 1 fully saturated rings. The van der Waals surface area contributed by atoms with Gasteiger partial charge in [0, 0.05) is 31.0 Å². The lowest BCUT2D eigenvalue weighted by atomic mass is 9.90. The third-order valence-corrected chi connectivity index (χ3v) is 3.75. The predicted octanol–water partition coefficient (Wildman–Crippen LogP) is 1.77. The van der Waals surface area contributed by atoms with E-state index in [0.717, 1.165) is 24.9 Å². The normalized spacial score (nSPS) is 24.1. The lowest BCUT2D eigenvalue weighted by Crippen LogP contribution is -2.50. The molecule has 0 saturated carbocycles. The number of carbonyl (C=O) groups excluding carboxylic acids is 1. The van der Waals surface area contributed by atoms with Crippen LogP contribution in [0.4, 0.5) is 0 Å². The zero-order chi connectivity index (χ0) is 13.2. The number of carbonyl (C=O) groups is 1. The first-order chi connectivity index (χ1) is 8.56. The zero-order valence-electron chi connectivity index (χ0n) is 11.0. The molecule has 4 heteroatoms. The highest BCUT2D eigenvalue weighted by molar-refractivity contribution is 5.95. The molecule has 1 amide bonds. The minimum Gasteiger partial charge on any atom is -0.388 e. The van der Waals surface area contributed by atoms with E-state index in [2.05, 4.69) is 4.98 Å². The number of rotatable bonds is 2. The highest BCUT2D eigenvalue weighted by Crippen LogP contribution is 2.25. The Morgan fingerprint density at radius 1 is 1.61 bits per heavy atom. The molecule has 1 aliphatic heterocycles. The standard InChI is InChI=1S/C14H20N2O2/c1-3-14(18)6-4-8-16(10-14)13(17)12-5-7-15-9-11(12)2/h5,7,9,18H,3-4,6,8,10H2,1-2H3/t14-/m1/s1. The number of piperidine rings is 1. The van der Waals surface area contributed by atoms with Crippen LogP contribution in [-0.4, -0.2) is 39.6 Å². The fourth-order valence-electron chi connectivity index (χ4n) is 2.46. The summed E-state index contributed by atoms with van der Waals surface area (Å²) in [7, 11) is 0. The van der Waals surface area contributed by atoms with Crippen LogP contribution >= 0.6 is 0 Å². The van der Waals surface area contributed by atoms with Crippen LogP contribution in [0.1, 0.15) is 42.1 Å². The van der Waals surface area contributed by atoms with Gasteiger partial charge in [-0.05, 0) is 37.8 Å². The Balaban J connectivity index is 2.17. The Morgan fingerprint density at radius 2 is 2.39 bits per heavy atom. The maximum Gasteiger partial charge on any atom is 0.254 e. The number of hydrogen-bond donors (Lipinski definition) is 1. The van der Waals surface area contributed by atoms with E-state index in [9.17, 15) is 9.90 Å². The fourth-order valence-corrected chi connectivity index (χ4v) is 2.46. The van der Waals surface area contributed by atoms with E-state index in [-0.39, 0.29) is 5.91 Å². The molecule has 1 aromatic rings. The molecule has 1 N–H and O–H groups in total. The van der Waals surface area contributed by atoms with Gasteiger partial charge >= 0.3 is 0 Å². The van der Waals surface area contributed by atoms with Gasteiger partial charge in [0.05, 0.1) is 5.60 Å². The Kier molecular flexibility index (Phi) is 3.66. The first-order valence-electron chi connectivity index (χ1n) is 6.48. The van der Waals surface area contributed by atoms with E-state index in [0.29, 0.717) is 18.5 Å². The third kappa shape index (κ3) is 2.53. The molecule has 2 rings (SSSR count). The second-order valence-electron chi connectivity index (χ2n) is 5.10. The molecular weight excluding hydrogens is 228 g/mol. The van der Waals surface area contributed by atoms with E-state index in [1.54, 1.807) is 23.4 Å². The number of likely N-dealkylation sites (tertiary alicyclic amines) is 1. The summed E-state index contributed by atoms with van der Waals surface area (Å²) in [5, 5.41) is 10.3. The number of aliphatic hydroxyl groups is 1. The number of aromatic nitrogens is 1. The van der Waals surface area contributed by atoms with Gasteiger partial charge in [0.15, 0.2) is 0 Å². The molecule has 4 nitrogen and oxygen atoms in total. The monoisotopic (exact) mass is 248 g/mol. The third-order valence-electron chi connectivity index (χ3n) is 3.75. The van der Waals surface area contributed by atoms with Crippen molar-refractivity contribution in [3.8, 4) is 0 Å². The van der Waals surface area contributed by atoms with Crippen molar-refractivity contribution < 1.29 is 9.90 Å². The van der Waals surface area contributed by atoms with E-state index < -0.39 is 5.60 Å². The van der Waals surface area contributed by atoms with Crippen LogP contribution < -0.4 is 0 Å². The largest absolute Gasteiger partial charge is 0.388 e. The van der Waals surface area contributed by atoms with Crippen molar-refractivity contribution in [1.82, 2.24) is 9.88 Å². The SMILES string of the molecule is CC[C@@]1(O)CCCN(C(=O)c2ccncc2C)C1. The molecule has 1 atom stereocenters. The summed E-state index contributed by atoms with van der Waals surface area (Å²) in [5.74, 6) is 0.00137. The Morgan fingerprint density at radius 3 is 3.06 bits per heavy atom. The summed E-state index contributed by atoms with van der Waals surface area (Å²) < 4.78 is 0. The van der Waals surface area contributed by atoms with Gasteiger partial charge in [0.2, 0.25) is 0 Å². The van der Waals surface area contributed by atoms with Crippen molar-refractivity contribution >= 4 is 5.91 Å². The van der Waals surface area contributed by atoms with Crippen LogP contribution in [0.3, 0.4) is 0 Å². The quantitative estimate of drug-likeness (QED) is 0.867. The number of β-amino-alcohol motifs (C(OH)–C–C–N with tert-alkyl or cyclic N) is 1. The molecule has 18 heavy (non-hydrogen) atoms.